The van der Waals surface area contributed by atoms with Crippen LogP contribution >= 0.6 is 0 Å². The minimum atomic E-state index is -0.890. The first kappa shape index (κ1) is 13.7. The topological polar surface area (TPSA) is 40.5 Å². The number of carbonyl (C=O) groups is 1. The molecule has 1 fully saturated rings. The van der Waals surface area contributed by atoms with E-state index in [0.29, 0.717) is 11.5 Å². The Morgan fingerprint density at radius 1 is 1.42 bits per heavy atom. The lowest BCUT2D eigenvalue weighted by Gasteiger charge is -2.39. The highest BCUT2D eigenvalue weighted by Crippen LogP contribution is 2.43. The molecule has 0 aliphatic heterocycles. The molecule has 0 amide bonds. The second-order valence-electron chi connectivity index (χ2n) is 5.65. The molecule has 1 saturated carbocycles. The van der Waals surface area contributed by atoms with Crippen molar-refractivity contribution in [3.63, 3.8) is 0 Å². The number of rotatable bonds is 3. The van der Waals surface area contributed by atoms with Crippen LogP contribution < -0.4 is 4.90 Å². The third-order valence-electron chi connectivity index (χ3n) is 4.59. The first-order valence-corrected chi connectivity index (χ1v) is 6.62. The number of anilines is 1. The van der Waals surface area contributed by atoms with Crippen LogP contribution in [0.25, 0.3) is 0 Å². The van der Waals surface area contributed by atoms with E-state index in [9.17, 15) is 4.79 Å². The maximum Gasteiger partial charge on any atom is 0.335 e. The van der Waals surface area contributed by atoms with Gasteiger partial charge in [0.15, 0.2) is 0 Å². The Labute approximate surface area is 114 Å². The van der Waals surface area contributed by atoms with E-state index in [4.69, 9.17) is 5.11 Å². The Hall–Kier alpha value is -1.77. The van der Waals surface area contributed by atoms with Crippen LogP contribution in [0.1, 0.15) is 37.0 Å². The van der Waals surface area contributed by atoms with Crippen molar-refractivity contribution in [2.45, 2.75) is 32.2 Å². The third-order valence-corrected chi connectivity index (χ3v) is 4.59. The van der Waals surface area contributed by atoms with E-state index >= 15 is 0 Å². The lowest BCUT2D eigenvalue weighted by atomic mass is 9.91. The number of carboxylic acids is 1. The van der Waals surface area contributed by atoms with E-state index in [1.54, 1.807) is 12.1 Å². The molecular weight excluding hydrogens is 238 g/mol. The lowest BCUT2D eigenvalue weighted by Crippen LogP contribution is -2.43. The van der Waals surface area contributed by atoms with Crippen LogP contribution in [0.4, 0.5) is 5.69 Å². The van der Waals surface area contributed by atoms with Gasteiger partial charge in [0.25, 0.3) is 0 Å². The highest BCUT2D eigenvalue weighted by atomic mass is 16.4. The summed E-state index contributed by atoms with van der Waals surface area (Å²) in [7, 11) is 2.05. The minimum Gasteiger partial charge on any atom is -0.478 e. The van der Waals surface area contributed by atoms with Crippen molar-refractivity contribution < 1.29 is 9.90 Å². The smallest absolute Gasteiger partial charge is 0.335 e. The summed E-state index contributed by atoms with van der Waals surface area (Å²) >= 11 is 0. The summed E-state index contributed by atoms with van der Waals surface area (Å²) in [6, 6.07) is 7.03. The number of carboxylic acid groups (broad SMARTS) is 1. The van der Waals surface area contributed by atoms with Crippen LogP contribution in [-0.4, -0.2) is 23.7 Å². The van der Waals surface area contributed by atoms with Gasteiger partial charge in [-0.15, -0.1) is 0 Å². The number of benzene rings is 1. The van der Waals surface area contributed by atoms with Gasteiger partial charge in [-0.25, -0.2) is 4.79 Å². The summed E-state index contributed by atoms with van der Waals surface area (Å²) in [5.41, 5.74) is 2.57. The first-order valence-electron chi connectivity index (χ1n) is 6.62. The SMILES string of the molecule is C=C1C(C)CCC1(C)N(C)c1ccc(C(=O)O)cc1. The maximum atomic E-state index is 10.9. The quantitative estimate of drug-likeness (QED) is 0.844. The molecule has 2 rings (SSSR count). The number of likely N-dealkylation sites (N-methyl/N-ethyl adjacent to an activating group) is 1. The van der Waals surface area contributed by atoms with E-state index < -0.39 is 5.97 Å². The summed E-state index contributed by atoms with van der Waals surface area (Å²) in [6.07, 6.45) is 2.25. The fraction of sp³-hybridized carbons (Fsp3) is 0.438. The normalized spacial score (nSPS) is 26.5. The standard InChI is InChI=1S/C16H21NO2/c1-11-9-10-16(3,12(11)2)17(4)14-7-5-13(6-8-14)15(18)19/h5-8,11H,2,9-10H2,1,3-4H3,(H,18,19). The molecule has 0 radical (unpaired) electrons. The summed E-state index contributed by atoms with van der Waals surface area (Å²) in [5.74, 6) is -0.343. The summed E-state index contributed by atoms with van der Waals surface area (Å²) < 4.78 is 0. The molecule has 0 heterocycles. The summed E-state index contributed by atoms with van der Waals surface area (Å²) in [4.78, 5) is 13.1. The van der Waals surface area contributed by atoms with Crippen molar-refractivity contribution in [1.29, 1.82) is 0 Å². The first-order chi connectivity index (χ1) is 8.86. The van der Waals surface area contributed by atoms with E-state index in [2.05, 4.69) is 32.4 Å². The van der Waals surface area contributed by atoms with Crippen molar-refractivity contribution in [1.82, 2.24) is 0 Å². The molecular formula is C16H21NO2. The van der Waals surface area contributed by atoms with Gasteiger partial charge in [0.05, 0.1) is 11.1 Å². The summed E-state index contributed by atoms with van der Waals surface area (Å²) in [5, 5.41) is 8.93. The van der Waals surface area contributed by atoms with Gasteiger partial charge in [-0.05, 0) is 55.5 Å². The highest BCUT2D eigenvalue weighted by molar-refractivity contribution is 5.88. The van der Waals surface area contributed by atoms with Crippen LogP contribution in [0.15, 0.2) is 36.4 Å². The van der Waals surface area contributed by atoms with E-state index in [1.807, 2.05) is 12.1 Å². The minimum absolute atomic E-state index is 0.0375. The van der Waals surface area contributed by atoms with Crippen LogP contribution in [0.3, 0.4) is 0 Å². The molecule has 0 spiro atoms. The second-order valence-corrected chi connectivity index (χ2v) is 5.65. The van der Waals surface area contributed by atoms with E-state index in [1.165, 1.54) is 5.57 Å². The van der Waals surface area contributed by atoms with Gasteiger partial charge < -0.3 is 10.0 Å². The molecule has 3 heteroatoms. The van der Waals surface area contributed by atoms with Gasteiger partial charge in [0.2, 0.25) is 0 Å². The largest absolute Gasteiger partial charge is 0.478 e. The van der Waals surface area contributed by atoms with E-state index in [-0.39, 0.29) is 5.54 Å². The van der Waals surface area contributed by atoms with E-state index in [0.717, 1.165) is 18.5 Å². The number of nitrogens with zero attached hydrogens (tertiary/aromatic N) is 1. The Balaban J connectivity index is 2.27. The average molecular weight is 259 g/mol. The zero-order valence-corrected chi connectivity index (χ0v) is 11.8. The van der Waals surface area contributed by atoms with Crippen molar-refractivity contribution in [2.24, 2.45) is 5.92 Å². The van der Waals surface area contributed by atoms with Crippen LogP contribution in [-0.2, 0) is 0 Å². The molecule has 3 nitrogen and oxygen atoms in total. The molecule has 1 aliphatic carbocycles. The predicted molar refractivity (Wildman–Crippen MR) is 77.7 cm³/mol. The number of aromatic carboxylic acids is 1. The lowest BCUT2D eigenvalue weighted by molar-refractivity contribution is 0.0697. The van der Waals surface area contributed by atoms with Gasteiger partial charge in [0, 0.05) is 12.7 Å². The van der Waals surface area contributed by atoms with Gasteiger partial charge >= 0.3 is 5.97 Å². The zero-order valence-electron chi connectivity index (χ0n) is 11.8. The predicted octanol–water partition coefficient (Wildman–Crippen LogP) is 3.57. The monoisotopic (exact) mass is 259 g/mol. The summed E-state index contributed by atoms with van der Waals surface area (Å²) in [6.45, 7) is 8.67. The second kappa shape index (κ2) is 4.72. The fourth-order valence-corrected chi connectivity index (χ4v) is 2.86. The molecule has 0 aromatic heterocycles. The third kappa shape index (κ3) is 2.25. The van der Waals surface area contributed by atoms with Crippen LogP contribution in [0.2, 0.25) is 0 Å². The molecule has 1 aromatic rings. The fourth-order valence-electron chi connectivity index (χ4n) is 2.86. The van der Waals surface area contributed by atoms with Gasteiger partial charge in [-0.1, -0.05) is 13.5 Å². The van der Waals surface area contributed by atoms with Crippen molar-refractivity contribution in [2.75, 3.05) is 11.9 Å². The Morgan fingerprint density at radius 2 is 2.00 bits per heavy atom. The van der Waals surface area contributed by atoms with Crippen molar-refractivity contribution >= 4 is 11.7 Å². The Kier molecular flexibility index (Phi) is 3.40. The zero-order chi connectivity index (χ0) is 14.2. The maximum absolute atomic E-state index is 10.9. The van der Waals surface area contributed by atoms with Gasteiger partial charge in [0.1, 0.15) is 0 Å². The van der Waals surface area contributed by atoms with Crippen LogP contribution in [0, 0.1) is 5.92 Å². The number of hydrogen-bond donors (Lipinski definition) is 1. The Bertz CT molecular complexity index is 506. The molecule has 0 bridgehead atoms. The van der Waals surface area contributed by atoms with Crippen molar-refractivity contribution in [3.05, 3.63) is 42.0 Å². The molecule has 1 N–H and O–H groups in total. The molecule has 102 valence electrons. The number of hydrogen-bond acceptors (Lipinski definition) is 2. The molecule has 0 saturated heterocycles. The molecule has 19 heavy (non-hydrogen) atoms. The molecule has 2 atom stereocenters. The molecule has 2 unspecified atom stereocenters. The molecule has 1 aromatic carbocycles. The van der Waals surface area contributed by atoms with Gasteiger partial charge in [-0.3, -0.25) is 0 Å². The molecule has 1 aliphatic rings. The highest BCUT2D eigenvalue weighted by Gasteiger charge is 2.40. The Morgan fingerprint density at radius 3 is 2.42 bits per heavy atom. The van der Waals surface area contributed by atoms with Crippen LogP contribution in [0.5, 0.6) is 0 Å². The average Bonchev–Trinajstić information content (AvgIpc) is 2.67. The van der Waals surface area contributed by atoms with Gasteiger partial charge in [-0.2, -0.15) is 0 Å². The van der Waals surface area contributed by atoms with Crippen molar-refractivity contribution in [3.8, 4) is 0 Å².